The normalized spacial score (nSPS) is 9.62. The molecule has 0 atom stereocenters. The van der Waals surface area contributed by atoms with Crippen LogP contribution < -0.4 is 0 Å². The smallest absolute Gasteiger partial charge is 0.0716 e. The van der Waals surface area contributed by atoms with Gasteiger partial charge in [0.25, 0.3) is 0 Å². The fraction of sp³-hybridized carbons (Fsp3) is 0.429. The van der Waals surface area contributed by atoms with Gasteiger partial charge in [0, 0.05) is 18.6 Å². The molecule has 0 aliphatic heterocycles. The Labute approximate surface area is 97.3 Å². The molecule has 1 aromatic rings. The molecule has 2 nitrogen and oxygen atoms in total. The molecule has 16 heavy (non-hydrogen) atoms. The summed E-state index contributed by atoms with van der Waals surface area (Å²) >= 11 is 0. The first-order valence-corrected chi connectivity index (χ1v) is 5.63. The number of hydrogen-bond donors (Lipinski definition) is 1. The second-order valence-electron chi connectivity index (χ2n) is 3.52. The minimum Gasteiger partial charge on any atom is -0.395 e. The summed E-state index contributed by atoms with van der Waals surface area (Å²) in [6.45, 7) is 3.69. The van der Waals surface area contributed by atoms with Gasteiger partial charge in [0.15, 0.2) is 0 Å². The van der Waals surface area contributed by atoms with Crippen molar-refractivity contribution in [2.45, 2.75) is 26.4 Å². The summed E-state index contributed by atoms with van der Waals surface area (Å²) in [5.41, 5.74) is 2.15. The third-order valence-corrected chi connectivity index (χ3v) is 2.04. The van der Waals surface area contributed by atoms with E-state index in [1.807, 2.05) is 24.3 Å². The molecule has 0 fully saturated rings. The van der Waals surface area contributed by atoms with Gasteiger partial charge in [-0.3, -0.25) is 0 Å². The third kappa shape index (κ3) is 4.97. The van der Waals surface area contributed by atoms with Crippen LogP contribution in [-0.2, 0) is 11.3 Å². The fourth-order valence-corrected chi connectivity index (χ4v) is 1.24. The van der Waals surface area contributed by atoms with Crippen LogP contribution in [0.25, 0.3) is 0 Å². The molecule has 86 valence electrons. The molecule has 0 spiro atoms. The van der Waals surface area contributed by atoms with Gasteiger partial charge in [-0.2, -0.15) is 0 Å². The molecular weight excluding hydrogens is 200 g/mol. The molecule has 0 bridgehead atoms. The molecule has 0 saturated heterocycles. The lowest BCUT2D eigenvalue weighted by Gasteiger charge is -2.02. The van der Waals surface area contributed by atoms with E-state index in [0.717, 1.165) is 18.6 Å². The molecule has 2 heteroatoms. The number of aliphatic hydroxyl groups excluding tert-OH is 1. The number of rotatable bonds is 5. The van der Waals surface area contributed by atoms with Crippen molar-refractivity contribution in [2.75, 3.05) is 13.2 Å². The average Bonchev–Trinajstić information content (AvgIpc) is 2.32. The number of benzene rings is 1. The van der Waals surface area contributed by atoms with Crippen LogP contribution >= 0.6 is 0 Å². The number of ether oxygens (including phenoxy) is 1. The third-order valence-electron chi connectivity index (χ3n) is 2.04. The zero-order valence-electron chi connectivity index (χ0n) is 9.70. The molecule has 1 aromatic carbocycles. The second kappa shape index (κ2) is 7.92. The Hall–Kier alpha value is -1.30. The van der Waals surface area contributed by atoms with E-state index in [4.69, 9.17) is 9.84 Å². The van der Waals surface area contributed by atoms with Crippen molar-refractivity contribution in [1.82, 2.24) is 0 Å². The van der Waals surface area contributed by atoms with E-state index in [1.54, 1.807) is 0 Å². The van der Waals surface area contributed by atoms with Crippen LogP contribution in [0.2, 0.25) is 0 Å². The molecule has 0 radical (unpaired) electrons. The van der Waals surface area contributed by atoms with Crippen LogP contribution in [0, 0.1) is 11.8 Å². The Bertz CT molecular complexity index is 343. The lowest BCUT2D eigenvalue weighted by Crippen LogP contribution is -1.93. The summed E-state index contributed by atoms with van der Waals surface area (Å²) in [5.74, 6) is 5.88. The monoisotopic (exact) mass is 218 g/mol. The van der Waals surface area contributed by atoms with E-state index in [0.29, 0.717) is 13.0 Å². The summed E-state index contributed by atoms with van der Waals surface area (Å²) in [4.78, 5) is 0. The first-order chi connectivity index (χ1) is 7.86. The standard InChI is InChI=1S/C14H18O2/c1-2-11-16-12-14-8-6-13(7-9-14)5-3-4-10-15/h6-9,15H,2,4,10-12H2,1H3. The summed E-state index contributed by atoms with van der Waals surface area (Å²) in [5, 5.41) is 8.59. The van der Waals surface area contributed by atoms with Crippen molar-refractivity contribution in [3.63, 3.8) is 0 Å². The van der Waals surface area contributed by atoms with E-state index >= 15 is 0 Å². The SMILES string of the molecule is CCCOCc1ccc(C#CCCO)cc1. The van der Waals surface area contributed by atoms with Crippen LogP contribution in [0.15, 0.2) is 24.3 Å². The Morgan fingerprint density at radius 1 is 1.25 bits per heavy atom. The zero-order chi connectivity index (χ0) is 11.6. The highest BCUT2D eigenvalue weighted by molar-refractivity contribution is 5.35. The number of aliphatic hydroxyl groups is 1. The Kier molecular flexibility index (Phi) is 6.32. The highest BCUT2D eigenvalue weighted by Crippen LogP contribution is 2.05. The maximum Gasteiger partial charge on any atom is 0.0716 e. The topological polar surface area (TPSA) is 29.5 Å². The van der Waals surface area contributed by atoms with Crippen molar-refractivity contribution in [2.24, 2.45) is 0 Å². The van der Waals surface area contributed by atoms with Gasteiger partial charge in [0.1, 0.15) is 0 Å². The Morgan fingerprint density at radius 2 is 2.00 bits per heavy atom. The van der Waals surface area contributed by atoms with Crippen LogP contribution in [0.4, 0.5) is 0 Å². The number of hydrogen-bond acceptors (Lipinski definition) is 2. The van der Waals surface area contributed by atoms with Gasteiger partial charge >= 0.3 is 0 Å². The highest BCUT2D eigenvalue weighted by Gasteiger charge is 1.92. The molecule has 1 N–H and O–H groups in total. The zero-order valence-corrected chi connectivity index (χ0v) is 9.70. The molecule has 0 aliphatic rings. The van der Waals surface area contributed by atoms with Crippen molar-refractivity contribution in [3.8, 4) is 11.8 Å². The Morgan fingerprint density at radius 3 is 2.62 bits per heavy atom. The van der Waals surface area contributed by atoms with Crippen LogP contribution in [0.1, 0.15) is 30.9 Å². The van der Waals surface area contributed by atoms with Gasteiger partial charge in [0.05, 0.1) is 13.2 Å². The summed E-state index contributed by atoms with van der Waals surface area (Å²) in [7, 11) is 0. The molecule has 0 amide bonds. The van der Waals surface area contributed by atoms with Crippen molar-refractivity contribution >= 4 is 0 Å². The average molecular weight is 218 g/mol. The van der Waals surface area contributed by atoms with Crippen LogP contribution in [0.3, 0.4) is 0 Å². The summed E-state index contributed by atoms with van der Waals surface area (Å²) in [6.07, 6.45) is 1.58. The van der Waals surface area contributed by atoms with E-state index in [1.165, 1.54) is 5.56 Å². The van der Waals surface area contributed by atoms with Gasteiger partial charge in [-0.15, -0.1) is 0 Å². The van der Waals surface area contributed by atoms with E-state index in [-0.39, 0.29) is 6.61 Å². The summed E-state index contributed by atoms with van der Waals surface area (Å²) < 4.78 is 5.44. The van der Waals surface area contributed by atoms with Gasteiger partial charge in [-0.05, 0) is 24.1 Å². The molecular formula is C14H18O2. The fourth-order valence-electron chi connectivity index (χ4n) is 1.24. The minimum absolute atomic E-state index is 0.121. The second-order valence-corrected chi connectivity index (χ2v) is 3.52. The predicted molar refractivity (Wildman–Crippen MR) is 65.0 cm³/mol. The van der Waals surface area contributed by atoms with Gasteiger partial charge in [-0.25, -0.2) is 0 Å². The van der Waals surface area contributed by atoms with E-state index < -0.39 is 0 Å². The van der Waals surface area contributed by atoms with Crippen LogP contribution in [-0.4, -0.2) is 18.3 Å². The first-order valence-electron chi connectivity index (χ1n) is 5.63. The van der Waals surface area contributed by atoms with Crippen molar-refractivity contribution in [1.29, 1.82) is 0 Å². The van der Waals surface area contributed by atoms with Crippen molar-refractivity contribution in [3.05, 3.63) is 35.4 Å². The minimum atomic E-state index is 0.121. The molecule has 0 unspecified atom stereocenters. The van der Waals surface area contributed by atoms with Gasteiger partial charge in [-0.1, -0.05) is 30.9 Å². The van der Waals surface area contributed by atoms with Crippen LogP contribution in [0.5, 0.6) is 0 Å². The Balaban J connectivity index is 2.45. The molecule has 0 aliphatic carbocycles. The largest absolute Gasteiger partial charge is 0.395 e. The maximum absolute atomic E-state index is 8.59. The highest BCUT2D eigenvalue weighted by atomic mass is 16.5. The van der Waals surface area contributed by atoms with E-state index in [9.17, 15) is 0 Å². The van der Waals surface area contributed by atoms with Gasteiger partial charge < -0.3 is 9.84 Å². The molecule has 0 heterocycles. The molecule has 0 aromatic heterocycles. The predicted octanol–water partition coefficient (Wildman–Crippen LogP) is 2.35. The lowest BCUT2D eigenvalue weighted by molar-refractivity contribution is 0.121. The lowest BCUT2D eigenvalue weighted by atomic mass is 10.1. The molecule has 1 rings (SSSR count). The van der Waals surface area contributed by atoms with Crippen molar-refractivity contribution < 1.29 is 9.84 Å². The quantitative estimate of drug-likeness (QED) is 0.607. The first kappa shape index (κ1) is 12.8. The van der Waals surface area contributed by atoms with E-state index in [2.05, 4.69) is 18.8 Å². The van der Waals surface area contributed by atoms with Gasteiger partial charge in [0.2, 0.25) is 0 Å². The maximum atomic E-state index is 8.59. The molecule has 0 saturated carbocycles. The summed E-state index contributed by atoms with van der Waals surface area (Å²) in [6, 6.07) is 8.02.